The van der Waals surface area contributed by atoms with Crippen molar-refractivity contribution >= 4 is 23.4 Å². The fraction of sp³-hybridized carbons (Fsp3) is 0.267. The average molecular weight is 484 g/mol. The molecule has 0 fully saturated rings. The maximum Gasteiger partial charge on any atom is 0.281 e. The number of rotatable bonds is 7. The zero-order valence-corrected chi connectivity index (χ0v) is 21.4. The highest BCUT2D eigenvalue weighted by atomic mass is 16.5. The standard InChI is InChI=1S/C30H33N3O3/c1-6-33-26-18-27(36-5)22(17-25(26)21(2)19-29(33,3)4)20-31-32-28(34)30(35,23-13-9-7-10-14-23)24-15-11-8-12-16-24/h7-20,35H,6H2,1-5H3,(H,32,34)/b31-20-. The topological polar surface area (TPSA) is 74.2 Å². The number of nitrogens with zero attached hydrogens (tertiary/aromatic N) is 2. The van der Waals surface area contributed by atoms with Crippen molar-refractivity contribution in [1.82, 2.24) is 5.43 Å². The minimum Gasteiger partial charge on any atom is -0.496 e. The number of fused-ring (bicyclic) bond motifs is 1. The Hall–Kier alpha value is -3.90. The molecule has 0 saturated carbocycles. The van der Waals surface area contributed by atoms with Gasteiger partial charge in [-0.3, -0.25) is 4.79 Å². The van der Waals surface area contributed by atoms with E-state index in [0.29, 0.717) is 16.9 Å². The third-order valence-corrected chi connectivity index (χ3v) is 6.73. The van der Waals surface area contributed by atoms with Gasteiger partial charge in [0.25, 0.3) is 5.91 Å². The number of nitrogens with one attached hydrogen (secondary N) is 1. The van der Waals surface area contributed by atoms with E-state index in [1.807, 2.05) is 24.3 Å². The monoisotopic (exact) mass is 483 g/mol. The van der Waals surface area contributed by atoms with Crippen molar-refractivity contribution in [3.05, 3.63) is 101 Å². The fourth-order valence-corrected chi connectivity index (χ4v) is 5.01. The van der Waals surface area contributed by atoms with Crippen LogP contribution in [0.2, 0.25) is 0 Å². The Labute approximate surface area is 212 Å². The Balaban J connectivity index is 1.67. The van der Waals surface area contributed by atoms with Gasteiger partial charge in [-0.05, 0) is 50.5 Å². The molecule has 0 saturated heterocycles. The predicted octanol–water partition coefficient (Wildman–Crippen LogP) is 5.10. The molecule has 3 aromatic carbocycles. The van der Waals surface area contributed by atoms with Gasteiger partial charge >= 0.3 is 0 Å². The number of carbonyl (C=O) groups excluding carboxylic acids is 1. The molecule has 1 amide bonds. The van der Waals surface area contributed by atoms with Gasteiger partial charge in [0.2, 0.25) is 0 Å². The van der Waals surface area contributed by atoms with Gasteiger partial charge in [-0.2, -0.15) is 5.10 Å². The number of anilines is 1. The van der Waals surface area contributed by atoms with Crippen molar-refractivity contribution in [3.8, 4) is 5.75 Å². The van der Waals surface area contributed by atoms with E-state index in [2.05, 4.69) is 49.2 Å². The highest BCUT2D eigenvalue weighted by Gasteiger charge is 2.40. The van der Waals surface area contributed by atoms with Crippen molar-refractivity contribution in [1.29, 1.82) is 0 Å². The van der Waals surface area contributed by atoms with E-state index in [1.165, 1.54) is 5.57 Å². The number of amides is 1. The lowest BCUT2D eigenvalue weighted by molar-refractivity contribution is -0.136. The van der Waals surface area contributed by atoms with Gasteiger partial charge in [0, 0.05) is 29.4 Å². The Morgan fingerprint density at radius 3 is 2.19 bits per heavy atom. The predicted molar refractivity (Wildman–Crippen MR) is 145 cm³/mol. The highest BCUT2D eigenvalue weighted by Crippen LogP contribution is 2.41. The molecule has 0 unspecified atom stereocenters. The van der Waals surface area contributed by atoms with Gasteiger partial charge in [0.1, 0.15) is 5.75 Å². The Morgan fingerprint density at radius 1 is 1.08 bits per heavy atom. The van der Waals surface area contributed by atoms with Gasteiger partial charge in [-0.1, -0.05) is 66.7 Å². The molecule has 0 atom stereocenters. The molecule has 1 heterocycles. The molecule has 2 N–H and O–H groups in total. The van der Waals surface area contributed by atoms with Crippen molar-refractivity contribution in [2.75, 3.05) is 18.6 Å². The third kappa shape index (κ3) is 4.52. The largest absolute Gasteiger partial charge is 0.496 e. The summed E-state index contributed by atoms with van der Waals surface area (Å²) >= 11 is 0. The summed E-state index contributed by atoms with van der Waals surface area (Å²) in [6.45, 7) is 9.48. The van der Waals surface area contributed by atoms with E-state index in [1.54, 1.807) is 61.9 Å². The van der Waals surface area contributed by atoms with Crippen LogP contribution < -0.4 is 15.1 Å². The van der Waals surface area contributed by atoms with Crippen molar-refractivity contribution in [2.24, 2.45) is 5.10 Å². The molecule has 3 aromatic rings. The van der Waals surface area contributed by atoms with Crippen LogP contribution in [0.1, 0.15) is 49.9 Å². The van der Waals surface area contributed by atoms with E-state index in [-0.39, 0.29) is 5.54 Å². The number of methoxy groups -OCH3 is 1. The minimum absolute atomic E-state index is 0.111. The summed E-state index contributed by atoms with van der Waals surface area (Å²) < 4.78 is 5.67. The Morgan fingerprint density at radius 2 is 1.67 bits per heavy atom. The third-order valence-electron chi connectivity index (χ3n) is 6.73. The molecular formula is C30H33N3O3. The maximum absolute atomic E-state index is 13.3. The first-order chi connectivity index (χ1) is 17.2. The molecule has 0 bridgehead atoms. The molecule has 4 rings (SSSR count). The van der Waals surface area contributed by atoms with Crippen LogP contribution in [0.5, 0.6) is 5.75 Å². The van der Waals surface area contributed by atoms with Gasteiger partial charge in [0.05, 0.1) is 18.9 Å². The number of benzene rings is 3. The zero-order valence-electron chi connectivity index (χ0n) is 21.4. The fourth-order valence-electron chi connectivity index (χ4n) is 5.01. The van der Waals surface area contributed by atoms with Crippen molar-refractivity contribution in [3.63, 3.8) is 0 Å². The molecule has 0 radical (unpaired) electrons. The zero-order chi connectivity index (χ0) is 25.9. The first-order valence-electron chi connectivity index (χ1n) is 12.1. The average Bonchev–Trinajstić information content (AvgIpc) is 2.88. The van der Waals surface area contributed by atoms with Crippen LogP contribution in [0.15, 0.2) is 84.0 Å². The number of hydrogen-bond acceptors (Lipinski definition) is 5. The van der Waals surface area contributed by atoms with Gasteiger partial charge in [-0.25, -0.2) is 5.43 Å². The van der Waals surface area contributed by atoms with E-state index in [9.17, 15) is 9.90 Å². The van der Waals surface area contributed by atoms with Crippen molar-refractivity contribution < 1.29 is 14.6 Å². The normalized spacial score (nSPS) is 14.8. The molecule has 0 spiro atoms. The first-order valence-corrected chi connectivity index (χ1v) is 12.1. The van der Waals surface area contributed by atoms with Crippen molar-refractivity contribution in [2.45, 2.75) is 38.8 Å². The van der Waals surface area contributed by atoms with E-state index in [4.69, 9.17) is 4.74 Å². The summed E-state index contributed by atoms with van der Waals surface area (Å²) in [4.78, 5) is 15.7. The lowest BCUT2D eigenvalue weighted by atomic mass is 9.85. The number of likely N-dealkylation sites (N-methyl/N-ethyl adjacent to an activating group) is 1. The molecule has 0 aromatic heterocycles. The van der Waals surface area contributed by atoms with E-state index in [0.717, 1.165) is 23.4 Å². The summed E-state index contributed by atoms with van der Waals surface area (Å²) in [7, 11) is 1.62. The number of aliphatic hydroxyl groups is 1. The molecular weight excluding hydrogens is 450 g/mol. The summed E-state index contributed by atoms with van der Waals surface area (Å²) in [5.74, 6) is 0.000130. The summed E-state index contributed by atoms with van der Waals surface area (Å²) in [6, 6.07) is 21.7. The van der Waals surface area contributed by atoms with Gasteiger partial charge in [-0.15, -0.1) is 0 Å². The second kappa shape index (κ2) is 9.99. The number of hydrogen-bond donors (Lipinski definition) is 2. The van der Waals surface area contributed by atoms with E-state index < -0.39 is 11.5 Å². The van der Waals surface area contributed by atoms with Crippen LogP contribution in [0, 0.1) is 0 Å². The lowest BCUT2D eigenvalue weighted by Gasteiger charge is -2.43. The molecule has 186 valence electrons. The summed E-state index contributed by atoms with van der Waals surface area (Å²) in [6.07, 6.45) is 3.81. The Bertz CT molecular complexity index is 1260. The molecule has 1 aliphatic rings. The number of allylic oxidation sites excluding steroid dienone is 1. The van der Waals surface area contributed by atoms with Gasteiger partial charge in [0.15, 0.2) is 5.60 Å². The maximum atomic E-state index is 13.3. The minimum atomic E-state index is -1.90. The molecule has 6 heteroatoms. The smallest absolute Gasteiger partial charge is 0.281 e. The van der Waals surface area contributed by atoms with Crippen LogP contribution >= 0.6 is 0 Å². The number of carbonyl (C=O) groups is 1. The van der Waals surface area contributed by atoms with E-state index >= 15 is 0 Å². The molecule has 6 nitrogen and oxygen atoms in total. The molecule has 36 heavy (non-hydrogen) atoms. The van der Waals surface area contributed by atoms with Crippen LogP contribution in [0.25, 0.3) is 5.57 Å². The van der Waals surface area contributed by atoms with Crippen LogP contribution in [-0.4, -0.2) is 36.4 Å². The highest BCUT2D eigenvalue weighted by molar-refractivity contribution is 5.93. The number of hydrazone groups is 1. The van der Waals surface area contributed by atoms with Crippen LogP contribution in [0.4, 0.5) is 5.69 Å². The van der Waals surface area contributed by atoms with Crippen LogP contribution in [0.3, 0.4) is 0 Å². The molecule has 1 aliphatic heterocycles. The van der Waals surface area contributed by atoms with Gasteiger partial charge < -0.3 is 14.7 Å². The summed E-state index contributed by atoms with van der Waals surface area (Å²) in [5, 5.41) is 15.8. The Kier molecular flexibility index (Phi) is 7.00. The second-order valence-electron chi connectivity index (χ2n) is 9.48. The summed E-state index contributed by atoms with van der Waals surface area (Å²) in [5.41, 5.74) is 5.54. The molecule has 0 aliphatic carbocycles. The number of ether oxygens (including phenoxy) is 1. The first kappa shape index (κ1) is 25.2. The second-order valence-corrected chi connectivity index (χ2v) is 9.48. The van der Waals surface area contributed by atoms with Crippen LogP contribution in [-0.2, 0) is 10.4 Å². The lowest BCUT2D eigenvalue weighted by Crippen LogP contribution is -2.45. The SMILES string of the molecule is CCN1c2cc(OC)c(/C=N\NC(=O)C(O)(c3ccccc3)c3ccccc3)cc2C(C)=CC1(C)C. The quantitative estimate of drug-likeness (QED) is 0.362.